The lowest BCUT2D eigenvalue weighted by atomic mass is 9.92. The molecule has 10 nitrogen and oxygen atoms in total. The number of hydrogen-bond donors (Lipinski definition) is 3. The number of anilines is 1. The quantitative estimate of drug-likeness (QED) is 0.332. The number of aromatic nitrogens is 2. The zero-order valence-corrected chi connectivity index (χ0v) is 23.2. The number of carbonyl (C=O) groups is 1. The number of aryl methyl sites for hydroxylation is 1. The van der Waals surface area contributed by atoms with Gasteiger partial charge in [0.25, 0.3) is 0 Å². The number of aliphatic hydroxyl groups excluding tert-OH is 1. The average molecular weight is 597 g/mol. The molecule has 1 unspecified atom stereocenters. The summed E-state index contributed by atoms with van der Waals surface area (Å²) >= 11 is 7.32. The Labute approximate surface area is 233 Å². The van der Waals surface area contributed by atoms with Gasteiger partial charge in [-0.3, -0.25) is 8.98 Å². The lowest BCUT2D eigenvalue weighted by Gasteiger charge is -2.27. The van der Waals surface area contributed by atoms with E-state index in [2.05, 4.69) is 19.5 Å². The van der Waals surface area contributed by atoms with Crippen LogP contribution >= 0.6 is 22.9 Å². The molecule has 3 aromatic rings. The highest BCUT2D eigenvalue weighted by molar-refractivity contribution is 7.84. The molecule has 0 bridgehead atoms. The summed E-state index contributed by atoms with van der Waals surface area (Å²) in [5.41, 5.74) is 2.12. The molecule has 14 heteroatoms. The van der Waals surface area contributed by atoms with Crippen LogP contribution in [0.3, 0.4) is 0 Å². The van der Waals surface area contributed by atoms with Gasteiger partial charge < -0.3 is 15.2 Å². The van der Waals surface area contributed by atoms with Crippen LogP contribution in [0.2, 0.25) is 5.02 Å². The Hall–Kier alpha value is -2.52. The highest BCUT2D eigenvalue weighted by Gasteiger charge is 2.35. The molecule has 1 aliphatic carbocycles. The van der Waals surface area contributed by atoms with E-state index in [-0.39, 0.29) is 34.8 Å². The number of fused-ring (bicyclic) bond motifs is 1. The van der Waals surface area contributed by atoms with Gasteiger partial charge in [-0.25, -0.2) is 19.5 Å². The number of rotatable bonds is 8. The van der Waals surface area contributed by atoms with Crippen molar-refractivity contribution in [2.75, 3.05) is 18.5 Å². The number of halogens is 2. The highest BCUT2D eigenvalue weighted by atomic mass is 35.5. The molecule has 0 spiro atoms. The molecule has 1 saturated carbocycles. The van der Waals surface area contributed by atoms with Crippen molar-refractivity contribution < 1.29 is 31.6 Å². The first-order valence-corrected chi connectivity index (χ1v) is 14.8. The second-order valence-electron chi connectivity index (χ2n) is 9.59. The van der Waals surface area contributed by atoms with Crippen molar-refractivity contribution in [3.63, 3.8) is 0 Å². The number of carbonyl (C=O) groups excluding carboxylic acids is 1. The van der Waals surface area contributed by atoms with Crippen molar-refractivity contribution in [2.45, 2.75) is 44.4 Å². The van der Waals surface area contributed by atoms with Gasteiger partial charge in [-0.05, 0) is 49.4 Å². The van der Waals surface area contributed by atoms with Crippen molar-refractivity contribution in [3.8, 4) is 0 Å². The summed E-state index contributed by atoms with van der Waals surface area (Å²) in [5, 5.41) is 18.4. The van der Waals surface area contributed by atoms with E-state index in [1.165, 1.54) is 29.9 Å². The third kappa shape index (κ3) is 5.99. The normalized spacial score (nSPS) is 23.0. The lowest BCUT2D eigenvalue weighted by Crippen LogP contribution is -2.24. The Morgan fingerprint density at radius 3 is 2.95 bits per heavy atom. The molecule has 39 heavy (non-hydrogen) atoms. The van der Waals surface area contributed by atoms with Crippen molar-refractivity contribution >= 4 is 44.8 Å². The van der Waals surface area contributed by atoms with E-state index < -0.39 is 34.2 Å². The van der Waals surface area contributed by atoms with E-state index >= 15 is 4.39 Å². The Bertz CT molecular complexity index is 1520. The Balaban J connectivity index is 1.37. The monoisotopic (exact) mass is 596 g/mol. The maximum atomic E-state index is 15.0. The van der Waals surface area contributed by atoms with E-state index in [0.717, 1.165) is 10.4 Å². The van der Waals surface area contributed by atoms with E-state index in [1.54, 1.807) is 12.1 Å². The number of nitrogens with two attached hydrogens (primary N) is 1. The summed E-state index contributed by atoms with van der Waals surface area (Å²) in [6.07, 6.45) is 2.44. The van der Waals surface area contributed by atoms with Crippen LogP contribution in [0.1, 0.15) is 55.7 Å². The van der Waals surface area contributed by atoms with Gasteiger partial charge >= 0.3 is 10.3 Å². The molecule has 0 amide bonds. The first-order valence-electron chi connectivity index (χ1n) is 12.2. The number of ether oxygens (including phenoxy) is 1. The Kier molecular flexibility index (Phi) is 8.02. The van der Waals surface area contributed by atoms with Crippen LogP contribution in [0, 0.1) is 18.7 Å². The van der Waals surface area contributed by atoms with E-state index in [9.17, 15) is 18.3 Å². The number of aliphatic hydroxyl groups is 1. The molecule has 5 rings (SSSR count). The van der Waals surface area contributed by atoms with Crippen LogP contribution in [-0.4, -0.2) is 54.6 Å². The van der Waals surface area contributed by atoms with Gasteiger partial charge in [0, 0.05) is 28.6 Å². The molecule has 208 valence electrons. The summed E-state index contributed by atoms with van der Waals surface area (Å²) < 4.78 is 47.9. The van der Waals surface area contributed by atoms with Gasteiger partial charge in [0.05, 0.1) is 34.8 Å². The molecule has 2 aromatic heterocycles. The maximum absolute atomic E-state index is 15.0. The molecule has 3 heterocycles. The van der Waals surface area contributed by atoms with E-state index in [0.29, 0.717) is 41.9 Å². The van der Waals surface area contributed by atoms with Crippen LogP contribution in [0.5, 0.6) is 0 Å². The van der Waals surface area contributed by atoms with Crippen LogP contribution < -0.4 is 10.5 Å². The molecule has 4 atom stereocenters. The number of nitrogens with zero attached hydrogens (tertiary/aromatic N) is 2. The highest BCUT2D eigenvalue weighted by Crippen LogP contribution is 2.41. The van der Waals surface area contributed by atoms with Crippen LogP contribution in [0.4, 0.5) is 10.2 Å². The predicted molar refractivity (Wildman–Crippen MR) is 143 cm³/mol. The van der Waals surface area contributed by atoms with Crippen molar-refractivity contribution in [3.05, 3.63) is 73.6 Å². The molecular weight excluding hydrogens is 571 g/mol. The minimum atomic E-state index is -4.12. The van der Waals surface area contributed by atoms with Crippen molar-refractivity contribution in [1.29, 1.82) is 0 Å². The van der Waals surface area contributed by atoms with Gasteiger partial charge in [0.15, 0.2) is 0 Å². The van der Waals surface area contributed by atoms with E-state index in [1.807, 2.05) is 6.92 Å². The average Bonchev–Trinajstić information content (AvgIpc) is 3.45. The topological polar surface area (TPSA) is 154 Å². The van der Waals surface area contributed by atoms with Gasteiger partial charge in [0.1, 0.15) is 24.1 Å². The van der Waals surface area contributed by atoms with Crippen LogP contribution in [-0.2, 0) is 25.6 Å². The Morgan fingerprint density at radius 2 is 2.18 bits per heavy atom. The minimum Gasteiger partial charge on any atom is -0.393 e. The molecule has 4 N–H and O–H groups in total. The Morgan fingerprint density at radius 1 is 1.38 bits per heavy atom. The zero-order chi connectivity index (χ0) is 27.9. The fraction of sp³-hybridized carbons (Fsp3) is 0.400. The van der Waals surface area contributed by atoms with Gasteiger partial charge in [-0.1, -0.05) is 17.7 Å². The molecule has 0 radical (unpaired) electrons. The van der Waals surface area contributed by atoms with Gasteiger partial charge in [-0.15, -0.1) is 11.3 Å². The summed E-state index contributed by atoms with van der Waals surface area (Å²) in [5.74, 6) is -1.03. The van der Waals surface area contributed by atoms with Gasteiger partial charge in [-0.2, -0.15) is 8.42 Å². The zero-order valence-electron chi connectivity index (χ0n) is 20.8. The second kappa shape index (κ2) is 11.2. The number of hydrogen-bond acceptors (Lipinski definition) is 10. The summed E-state index contributed by atoms with van der Waals surface area (Å²) in [6, 6.07) is 4.75. The minimum absolute atomic E-state index is 0.0149. The fourth-order valence-electron chi connectivity index (χ4n) is 5.11. The van der Waals surface area contributed by atoms with Crippen LogP contribution in [0.25, 0.3) is 0 Å². The first kappa shape index (κ1) is 28.0. The largest absolute Gasteiger partial charge is 0.393 e. The van der Waals surface area contributed by atoms with Crippen LogP contribution in [0.15, 0.2) is 30.7 Å². The molecule has 2 aliphatic rings. The number of thiophene rings is 1. The third-order valence-corrected chi connectivity index (χ3v) is 8.83. The maximum Gasteiger partial charge on any atom is 0.333 e. The molecule has 1 aliphatic heterocycles. The smallest absolute Gasteiger partial charge is 0.333 e. The summed E-state index contributed by atoms with van der Waals surface area (Å²) in [7, 11) is -4.12. The van der Waals surface area contributed by atoms with Crippen molar-refractivity contribution in [2.24, 2.45) is 11.1 Å². The molecular formula is C25H26ClFN4O6S2. The summed E-state index contributed by atoms with van der Waals surface area (Å²) in [4.78, 5) is 23.1. The predicted octanol–water partition coefficient (Wildman–Crippen LogP) is 3.30. The molecule has 0 saturated heterocycles. The number of benzene rings is 1. The summed E-state index contributed by atoms with van der Waals surface area (Å²) in [6.45, 7) is 2.01. The van der Waals surface area contributed by atoms with Crippen molar-refractivity contribution in [1.82, 2.24) is 9.97 Å². The lowest BCUT2D eigenvalue weighted by molar-refractivity contribution is 0.0668. The number of nitrogens with one attached hydrogen (secondary N) is 1. The number of ketones is 1. The molecule has 1 fully saturated rings. The second-order valence-corrected chi connectivity index (χ2v) is 12.5. The van der Waals surface area contributed by atoms with Gasteiger partial charge in [0.2, 0.25) is 5.78 Å². The fourth-order valence-corrected chi connectivity index (χ4v) is 6.64. The van der Waals surface area contributed by atoms with E-state index in [4.69, 9.17) is 21.5 Å². The SMILES string of the molecule is Cc1sc(C(=O)c2cncnc2N[C@@H]2C[C@H](COS(N)(=O)=O)[C@@H](O)C2)cc1C1OCCc2ccc(Cl)c(F)c21. The standard InChI is InChI=1S/C25H26ClFN4O6S2/c1-12-16(24-21-13(4-5-36-24)2-3-18(26)22(21)27)8-20(38-12)23(33)17-9-29-11-30-25(17)31-15-6-14(19(32)7-15)10-37-39(28,34)35/h2-3,8-9,11,14-15,19,24,32H,4-7,10H2,1H3,(H2,28,34,35)(H,29,30,31)/t14-,15-,19+,24?/m1/s1. The first-order chi connectivity index (χ1) is 18.5. The molecule has 1 aromatic carbocycles. The third-order valence-electron chi connectivity index (χ3n) is 7.01.